The molecule has 1 N–H and O–H groups in total. The van der Waals surface area contributed by atoms with Gasteiger partial charge < -0.3 is 19.3 Å². The molecule has 1 aliphatic heterocycles. The summed E-state index contributed by atoms with van der Waals surface area (Å²) in [5, 5.41) is 7.48. The monoisotopic (exact) mass is 289 g/mol. The molecule has 1 aliphatic rings. The van der Waals surface area contributed by atoms with Gasteiger partial charge in [-0.1, -0.05) is 5.16 Å². The fourth-order valence-corrected chi connectivity index (χ4v) is 2.52. The maximum Gasteiger partial charge on any atom is 0.258 e. The van der Waals surface area contributed by atoms with Crippen molar-refractivity contribution in [3.8, 4) is 23.0 Å². The molecule has 21 heavy (non-hydrogen) atoms. The lowest BCUT2D eigenvalue weighted by molar-refractivity contribution is 0.388. The Bertz CT molecular complexity index is 584. The quantitative estimate of drug-likeness (QED) is 0.930. The van der Waals surface area contributed by atoms with Crippen molar-refractivity contribution in [1.29, 1.82) is 0 Å². The average Bonchev–Trinajstić information content (AvgIpc) is 3.05. The lowest BCUT2D eigenvalue weighted by Crippen LogP contribution is -2.28. The Balaban J connectivity index is 1.88. The van der Waals surface area contributed by atoms with E-state index in [4.69, 9.17) is 14.0 Å². The molecule has 1 aromatic heterocycles. The predicted molar refractivity (Wildman–Crippen MR) is 77.7 cm³/mol. The third-order valence-corrected chi connectivity index (χ3v) is 3.70. The van der Waals surface area contributed by atoms with Crippen LogP contribution >= 0.6 is 0 Å². The average molecular weight is 289 g/mol. The van der Waals surface area contributed by atoms with Crippen LogP contribution in [0, 0.1) is 0 Å². The Morgan fingerprint density at radius 1 is 1.19 bits per heavy atom. The number of benzene rings is 1. The van der Waals surface area contributed by atoms with Gasteiger partial charge in [-0.15, -0.1) is 0 Å². The van der Waals surface area contributed by atoms with Gasteiger partial charge in [-0.3, -0.25) is 0 Å². The highest BCUT2D eigenvalue weighted by Crippen LogP contribution is 2.30. The van der Waals surface area contributed by atoms with Crippen LogP contribution in [-0.4, -0.2) is 37.4 Å². The summed E-state index contributed by atoms with van der Waals surface area (Å²) in [4.78, 5) is 4.53. The molecule has 6 nitrogen and oxygen atoms in total. The van der Waals surface area contributed by atoms with Crippen molar-refractivity contribution in [1.82, 2.24) is 15.5 Å². The van der Waals surface area contributed by atoms with Crippen LogP contribution in [0.2, 0.25) is 0 Å². The molecule has 112 valence electrons. The van der Waals surface area contributed by atoms with E-state index >= 15 is 0 Å². The van der Waals surface area contributed by atoms with Gasteiger partial charge >= 0.3 is 0 Å². The molecule has 0 aliphatic carbocycles. The van der Waals surface area contributed by atoms with E-state index in [1.165, 1.54) is 0 Å². The number of ether oxygens (including phenoxy) is 2. The molecule has 2 aromatic rings. The second-order valence-corrected chi connectivity index (χ2v) is 5.10. The van der Waals surface area contributed by atoms with Gasteiger partial charge in [0.2, 0.25) is 0 Å². The van der Waals surface area contributed by atoms with Crippen LogP contribution in [0.1, 0.15) is 24.6 Å². The summed E-state index contributed by atoms with van der Waals surface area (Å²) in [6.45, 7) is 1.97. The van der Waals surface area contributed by atoms with Crippen molar-refractivity contribution in [2.45, 2.75) is 18.8 Å². The lowest BCUT2D eigenvalue weighted by atomic mass is 9.99. The molecule has 1 saturated heterocycles. The molecule has 0 amide bonds. The normalized spacial score (nSPS) is 18.5. The Morgan fingerprint density at radius 3 is 2.57 bits per heavy atom. The molecule has 1 fully saturated rings. The summed E-state index contributed by atoms with van der Waals surface area (Å²) < 4.78 is 15.9. The summed E-state index contributed by atoms with van der Waals surface area (Å²) in [5.74, 6) is 2.97. The summed E-state index contributed by atoms with van der Waals surface area (Å²) >= 11 is 0. The highest BCUT2D eigenvalue weighted by molar-refractivity contribution is 5.59. The van der Waals surface area contributed by atoms with Crippen molar-refractivity contribution in [3.63, 3.8) is 0 Å². The molecule has 3 rings (SSSR count). The van der Waals surface area contributed by atoms with Crippen LogP contribution in [0.3, 0.4) is 0 Å². The minimum absolute atomic E-state index is 0.323. The number of hydrogen-bond acceptors (Lipinski definition) is 6. The van der Waals surface area contributed by atoms with E-state index < -0.39 is 0 Å². The summed E-state index contributed by atoms with van der Waals surface area (Å²) in [6.07, 6.45) is 2.23. The van der Waals surface area contributed by atoms with Gasteiger partial charge in [0, 0.05) is 24.1 Å². The first-order valence-corrected chi connectivity index (χ1v) is 7.08. The lowest BCUT2D eigenvalue weighted by Gasteiger charge is -2.19. The topological polar surface area (TPSA) is 69.4 Å². The van der Waals surface area contributed by atoms with E-state index in [-0.39, 0.29) is 0 Å². The highest BCUT2D eigenvalue weighted by Gasteiger charge is 2.21. The summed E-state index contributed by atoms with van der Waals surface area (Å²) in [5.41, 5.74) is 0.800. The van der Waals surface area contributed by atoms with E-state index in [9.17, 15) is 0 Å². The molecule has 2 heterocycles. The first-order chi connectivity index (χ1) is 10.3. The molecular weight excluding hydrogens is 270 g/mol. The number of hydrogen-bond donors (Lipinski definition) is 1. The zero-order valence-corrected chi connectivity index (χ0v) is 12.3. The van der Waals surface area contributed by atoms with E-state index in [0.29, 0.717) is 23.3 Å². The Kier molecular flexibility index (Phi) is 4.06. The van der Waals surface area contributed by atoms with Crippen molar-refractivity contribution in [2.24, 2.45) is 0 Å². The number of nitrogens with zero attached hydrogens (tertiary/aromatic N) is 2. The highest BCUT2D eigenvalue weighted by atomic mass is 16.5. The van der Waals surface area contributed by atoms with Gasteiger partial charge in [0.05, 0.1) is 14.2 Å². The van der Waals surface area contributed by atoms with Gasteiger partial charge in [0.1, 0.15) is 11.5 Å². The second kappa shape index (κ2) is 6.13. The van der Waals surface area contributed by atoms with Crippen LogP contribution in [0.15, 0.2) is 22.7 Å². The molecule has 0 spiro atoms. The van der Waals surface area contributed by atoms with E-state index in [1.54, 1.807) is 14.2 Å². The van der Waals surface area contributed by atoms with E-state index in [0.717, 1.165) is 37.3 Å². The van der Waals surface area contributed by atoms with Gasteiger partial charge in [0.15, 0.2) is 5.82 Å². The van der Waals surface area contributed by atoms with Crippen molar-refractivity contribution in [3.05, 3.63) is 24.0 Å². The number of rotatable bonds is 4. The van der Waals surface area contributed by atoms with Gasteiger partial charge in [0.25, 0.3) is 5.89 Å². The van der Waals surface area contributed by atoms with E-state index in [2.05, 4.69) is 15.5 Å². The number of aromatic nitrogens is 2. The van der Waals surface area contributed by atoms with Crippen molar-refractivity contribution in [2.75, 3.05) is 27.3 Å². The second-order valence-electron chi connectivity index (χ2n) is 5.10. The molecule has 0 radical (unpaired) electrons. The largest absolute Gasteiger partial charge is 0.497 e. The van der Waals surface area contributed by atoms with Crippen molar-refractivity contribution < 1.29 is 14.0 Å². The van der Waals surface area contributed by atoms with E-state index in [1.807, 2.05) is 18.2 Å². The molecule has 0 bridgehead atoms. The minimum Gasteiger partial charge on any atom is -0.497 e. The van der Waals surface area contributed by atoms with Crippen molar-refractivity contribution >= 4 is 0 Å². The van der Waals surface area contributed by atoms with Gasteiger partial charge in [-0.25, -0.2) is 0 Å². The number of piperidine rings is 1. The third kappa shape index (κ3) is 3.00. The maximum absolute atomic E-state index is 5.40. The predicted octanol–water partition coefficient (Wildman–Crippen LogP) is 2.22. The zero-order chi connectivity index (χ0) is 14.7. The molecule has 1 unspecified atom stereocenters. The fraction of sp³-hybridized carbons (Fsp3) is 0.467. The molecule has 0 saturated carbocycles. The summed E-state index contributed by atoms with van der Waals surface area (Å²) in [6, 6.07) is 5.53. The Morgan fingerprint density at radius 2 is 1.95 bits per heavy atom. The molecule has 1 atom stereocenters. The van der Waals surface area contributed by atoms with Crippen LogP contribution in [0.5, 0.6) is 11.5 Å². The maximum atomic E-state index is 5.40. The van der Waals surface area contributed by atoms with Crippen LogP contribution in [-0.2, 0) is 0 Å². The van der Waals surface area contributed by atoms with Crippen LogP contribution < -0.4 is 14.8 Å². The third-order valence-electron chi connectivity index (χ3n) is 3.70. The smallest absolute Gasteiger partial charge is 0.258 e. The molecule has 1 aromatic carbocycles. The van der Waals surface area contributed by atoms with Gasteiger partial charge in [-0.2, -0.15) is 4.98 Å². The Hall–Kier alpha value is -2.08. The van der Waals surface area contributed by atoms with Crippen LogP contribution in [0.4, 0.5) is 0 Å². The first kappa shape index (κ1) is 13.9. The zero-order valence-electron chi connectivity index (χ0n) is 12.3. The minimum atomic E-state index is 0.323. The molecule has 6 heteroatoms. The number of nitrogens with one attached hydrogen (secondary N) is 1. The SMILES string of the molecule is COc1cc(OC)cc(-c2nc(C3CCCNC3)no2)c1. The summed E-state index contributed by atoms with van der Waals surface area (Å²) in [7, 11) is 3.23. The van der Waals surface area contributed by atoms with Gasteiger partial charge in [-0.05, 0) is 31.5 Å². The number of methoxy groups -OCH3 is 2. The molecular formula is C15H19N3O3. The standard InChI is InChI=1S/C15H19N3O3/c1-19-12-6-11(7-13(8-12)20-2)15-17-14(18-21-15)10-4-3-5-16-9-10/h6-8,10,16H,3-5,9H2,1-2H3. The first-order valence-electron chi connectivity index (χ1n) is 7.08. The van der Waals surface area contributed by atoms with Crippen LogP contribution in [0.25, 0.3) is 11.5 Å². The Labute approximate surface area is 123 Å². The fourth-order valence-electron chi connectivity index (χ4n) is 2.52.